The van der Waals surface area contributed by atoms with Crippen LogP contribution in [-0.4, -0.2) is 0 Å². The van der Waals surface area contributed by atoms with Crippen LogP contribution in [0.5, 0.6) is 0 Å². The van der Waals surface area contributed by atoms with Crippen molar-refractivity contribution in [2.75, 3.05) is 0 Å². The molecule has 0 spiro atoms. The minimum Gasteiger partial charge on any atom is -0.0989 e. The Bertz CT molecular complexity index is 1050. The molecule has 0 saturated heterocycles. The van der Waals surface area contributed by atoms with Crippen LogP contribution in [0, 0.1) is 0 Å². The third-order valence-electron chi connectivity index (χ3n) is 4.43. The maximum absolute atomic E-state index is 4.07. The van der Waals surface area contributed by atoms with Crippen LogP contribution in [0.15, 0.2) is 120 Å². The Morgan fingerprint density at radius 3 is 2.15 bits per heavy atom. The van der Waals surface area contributed by atoms with Crippen molar-refractivity contribution in [2.24, 2.45) is 0 Å². The third kappa shape index (κ3) is 3.60. The molecule has 0 aliphatic heterocycles. The molecule has 132 valence electrons. The minimum atomic E-state index is -0.334. The van der Waals surface area contributed by atoms with E-state index >= 15 is 0 Å². The average Bonchev–Trinajstić information content (AvgIpc) is 2.73. The number of hydrogen-bond donors (Lipinski definition) is 0. The van der Waals surface area contributed by atoms with E-state index in [1.165, 1.54) is 20.6 Å². The normalized spacial score (nSPS) is 12.4. The number of hydrogen-bond acceptors (Lipinski definition) is 0. The first-order chi connectivity index (χ1) is 13.2. The maximum atomic E-state index is 4.07. The second kappa shape index (κ2) is 8.57. The average molecular weight is 368 g/mol. The van der Waals surface area contributed by atoms with E-state index in [1.807, 2.05) is 30.4 Å². The Hall–Kier alpha value is -3.03. The predicted octanol–water partition coefficient (Wildman–Crippen LogP) is 7.42. The molecule has 0 aliphatic rings. The first-order valence-electron chi connectivity index (χ1n) is 8.80. The summed E-state index contributed by atoms with van der Waals surface area (Å²) in [6.07, 6.45) is 9.61. The quantitative estimate of drug-likeness (QED) is 0.301. The molecule has 1 heteroatoms. The fourth-order valence-electron chi connectivity index (χ4n) is 3.22. The van der Waals surface area contributed by atoms with Gasteiger partial charge in [0.05, 0.1) is 0 Å². The lowest BCUT2D eigenvalue weighted by molar-refractivity contribution is 1.37. The lowest BCUT2D eigenvalue weighted by Gasteiger charge is -2.14. The largest absolute Gasteiger partial charge is 0.174 e. The van der Waals surface area contributed by atoms with Gasteiger partial charge < -0.3 is 0 Å². The zero-order valence-electron chi connectivity index (χ0n) is 15.4. The number of rotatable bonds is 7. The Morgan fingerprint density at radius 2 is 1.44 bits per heavy atom. The molecular formula is C26H23S+. The Kier molecular flexibility index (Phi) is 5.95. The predicted molar refractivity (Wildman–Crippen MR) is 123 cm³/mol. The van der Waals surface area contributed by atoms with E-state index in [4.69, 9.17) is 0 Å². The van der Waals surface area contributed by atoms with Crippen LogP contribution in [-0.2, 0) is 10.9 Å². The van der Waals surface area contributed by atoms with E-state index in [-0.39, 0.29) is 10.9 Å². The van der Waals surface area contributed by atoms with Gasteiger partial charge in [0.1, 0.15) is 10.9 Å². The summed E-state index contributed by atoms with van der Waals surface area (Å²) >= 11 is 0. The number of allylic oxidation sites excluding steroid dienone is 3. The molecule has 0 radical (unpaired) electrons. The minimum absolute atomic E-state index is 0.334. The molecule has 1 unspecified atom stereocenters. The molecule has 3 aromatic carbocycles. The van der Waals surface area contributed by atoms with Crippen molar-refractivity contribution < 1.29 is 0 Å². The fraction of sp³-hybridized carbons (Fsp3) is 0. The summed E-state index contributed by atoms with van der Waals surface area (Å²) in [5.74, 6) is 0. The van der Waals surface area contributed by atoms with Crippen molar-refractivity contribution in [1.82, 2.24) is 0 Å². The lowest BCUT2D eigenvalue weighted by Crippen LogP contribution is -2.09. The molecular weight excluding hydrogens is 344 g/mol. The van der Waals surface area contributed by atoms with Gasteiger partial charge in [0, 0.05) is 10.9 Å². The van der Waals surface area contributed by atoms with Gasteiger partial charge in [-0.25, -0.2) is 0 Å². The van der Waals surface area contributed by atoms with Crippen LogP contribution in [0.3, 0.4) is 0 Å². The summed E-state index contributed by atoms with van der Waals surface area (Å²) < 4.78 is 0. The molecule has 0 heterocycles. The highest BCUT2D eigenvalue weighted by atomic mass is 32.2. The second-order valence-electron chi connectivity index (χ2n) is 5.96. The van der Waals surface area contributed by atoms with E-state index in [0.29, 0.717) is 0 Å². The van der Waals surface area contributed by atoms with Gasteiger partial charge >= 0.3 is 0 Å². The molecule has 0 aliphatic carbocycles. The summed E-state index contributed by atoms with van der Waals surface area (Å²) in [6, 6.07) is 21.3. The van der Waals surface area contributed by atoms with Crippen molar-refractivity contribution in [3.8, 4) is 0 Å². The van der Waals surface area contributed by atoms with Crippen LogP contribution in [0.2, 0.25) is 0 Å². The zero-order chi connectivity index (χ0) is 19.2. The van der Waals surface area contributed by atoms with Crippen LogP contribution in [0.1, 0.15) is 11.1 Å². The Labute approximate surface area is 164 Å². The molecule has 3 rings (SSSR count). The first-order valence-corrected chi connectivity index (χ1v) is 10.0. The lowest BCUT2D eigenvalue weighted by atomic mass is 10.1. The highest BCUT2D eigenvalue weighted by Gasteiger charge is 2.33. The molecule has 0 amide bonds. The van der Waals surface area contributed by atoms with Crippen molar-refractivity contribution >= 4 is 33.8 Å². The van der Waals surface area contributed by atoms with Crippen molar-refractivity contribution in [2.45, 2.75) is 9.79 Å². The smallest absolute Gasteiger partial charge is 0.0989 e. The van der Waals surface area contributed by atoms with E-state index in [2.05, 4.69) is 87.0 Å². The highest BCUT2D eigenvalue weighted by molar-refractivity contribution is 8.01. The fourth-order valence-corrected chi connectivity index (χ4v) is 5.62. The van der Waals surface area contributed by atoms with Crippen LogP contribution in [0.4, 0.5) is 0 Å². The molecule has 3 aromatic rings. The van der Waals surface area contributed by atoms with E-state index in [9.17, 15) is 0 Å². The van der Waals surface area contributed by atoms with Crippen molar-refractivity contribution in [3.05, 3.63) is 121 Å². The summed E-state index contributed by atoms with van der Waals surface area (Å²) in [5.41, 5.74) is 2.20. The maximum Gasteiger partial charge on any atom is 0.174 e. The Morgan fingerprint density at radius 1 is 0.741 bits per heavy atom. The summed E-state index contributed by atoms with van der Waals surface area (Å²) in [7, 11) is -0.334. The summed E-state index contributed by atoms with van der Waals surface area (Å²) in [4.78, 5) is 3.61. The van der Waals surface area contributed by atoms with Gasteiger partial charge in [0.2, 0.25) is 0 Å². The van der Waals surface area contributed by atoms with Crippen molar-refractivity contribution in [1.29, 1.82) is 0 Å². The molecule has 0 nitrogen and oxygen atoms in total. The standard InChI is InChI=1S/C26H23S/c1-5-13-22(7-3)27(25-18-11-15-20(6-2)23(25)8-4)26-19-12-16-21-14-9-10-17-24(21)26/h5-19H,1-4H2/q+1/b22-13+. The van der Waals surface area contributed by atoms with E-state index in [0.717, 1.165) is 16.0 Å². The van der Waals surface area contributed by atoms with Gasteiger partial charge in [-0.1, -0.05) is 87.0 Å². The third-order valence-corrected chi connectivity index (χ3v) is 6.80. The molecule has 0 aromatic heterocycles. The van der Waals surface area contributed by atoms with Gasteiger partial charge in [-0.3, -0.25) is 0 Å². The van der Waals surface area contributed by atoms with Gasteiger partial charge in [-0.05, 0) is 41.3 Å². The van der Waals surface area contributed by atoms with Crippen LogP contribution >= 0.6 is 0 Å². The molecule has 0 saturated carbocycles. The molecule has 27 heavy (non-hydrogen) atoms. The van der Waals surface area contributed by atoms with Gasteiger partial charge in [-0.15, -0.1) is 0 Å². The topological polar surface area (TPSA) is 0 Å². The number of benzene rings is 3. The number of fused-ring (bicyclic) bond motifs is 1. The molecule has 0 N–H and O–H groups in total. The Balaban J connectivity index is 2.39. The summed E-state index contributed by atoms with van der Waals surface area (Å²) in [6.45, 7) is 16.0. The van der Waals surface area contributed by atoms with Crippen LogP contribution in [0.25, 0.3) is 22.9 Å². The second-order valence-corrected chi connectivity index (χ2v) is 7.92. The van der Waals surface area contributed by atoms with Gasteiger partial charge in [0.25, 0.3) is 0 Å². The van der Waals surface area contributed by atoms with Crippen LogP contribution < -0.4 is 0 Å². The molecule has 0 bridgehead atoms. The van der Waals surface area contributed by atoms with Gasteiger partial charge in [0.15, 0.2) is 14.7 Å². The molecule has 1 atom stereocenters. The highest BCUT2D eigenvalue weighted by Crippen LogP contribution is 2.38. The van der Waals surface area contributed by atoms with Crippen molar-refractivity contribution in [3.63, 3.8) is 0 Å². The molecule has 0 fully saturated rings. The monoisotopic (exact) mass is 367 g/mol. The van der Waals surface area contributed by atoms with E-state index < -0.39 is 0 Å². The van der Waals surface area contributed by atoms with E-state index in [1.54, 1.807) is 0 Å². The first kappa shape index (κ1) is 18.8. The zero-order valence-corrected chi connectivity index (χ0v) is 16.2. The summed E-state index contributed by atoms with van der Waals surface area (Å²) in [5, 5.41) is 2.48. The SMILES string of the molecule is C=C/C=C(\C=C)[S+](c1cccc(C=C)c1C=C)c1cccc2ccccc12. The van der Waals surface area contributed by atoms with Gasteiger partial charge in [-0.2, -0.15) is 0 Å².